The van der Waals surface area contributed by atoms with E-state index in [9.17, 15) is 23.1 Å². The number of nitrogens with zero attached hydrogens (tertiary/aromatic N) is 1. The highest BCUT2D eigenvalue weighted by atomic mass is 19.4. The van der Waals surface area contributed by atoms with Crippen LogP contribution in [0.2, 0.25) is 0 Å². The van der Waals surface area contributed by atoms with E-state index in [1.165, 1.54) is 11.0 Å². The van der Waals surface area contributed by atoms with E-state index in [4.69, 9.17) is 0 Å². The van der Waals surface area contributed by atoms with Gasteiger partial charge in [-0.15, -0.1) is 0 Å². The second kappa shape index (κ2) is 7.42. The van der Waals surface area contributed by atoms with Crippen molar-refractivity contribution in [2.75, 3.05) is 13.1 Å². The van der Waals surface area contributed by atoms with Crippen LogP contribution in [0.5, 0.6) is 0 Å². The van der Waals surface area contributed by atoms with Gasteiger partial charge in [-0.1, -0.05) is 29.8 Å². The summed E-state index contributed by atoms with van der Waals surface area (Å²) in [6.07, 6.45) is -3.47. The number of piperidine rings is 1. The van der Waals surface area contributed by atoms with Crippen LogP contribution >= 0.6 is 0 Å². The lowest BCUT2D eigenvalue weighted by atomic mass is 9.96. The lowest BCUT2D eigenvalue weighted by molar-refractivity contribution is -0.149. The minimum atomic E-state index is -4.41. The molecule has 0 aromatic heterocycles. The summed E-state index contributed by atoms with van der Waals surface area (Å²) in [6.45, 7) is 2.88. The number of urea groups is 1. The van der Waals surface area contributed by atoms with Crippen molar-refractivity contribution in [1.82, 2.24) is 10.2 Å². The van der Waals surface area contributed by atoms with Crippen molar-refractivity contribution in [3.8, 4) is 0 Å². The Labute approximate surface area is 139 Å². The van der Waals surface area contributed by atoms with Crippen LogP contribution in [0.15, 0.2) is 24.3 Å². The molecule has 1 aliphatic heterocycles. The molecule has 1 aromatic carbocycles. The molecule has 0 bridgehead atoms. The molecule has 2 N–H and O–H groups in total. The standard InChI is InChI=1S/C17H23F3N2O2/c1-13-6-5-7-14(12-13)16(24,8-9-17(18,19)20)21-15(23)22-10-3-2-4-11-22/h5-7,12,24H,2-4,8-11H2,1H3,(H,21,23)/t16-/m0/s1. The van der Waals surface area contributed by atoms with E-state index >= 15 is 0 Å². The Hall–Kier alpha value is -1.76. The van der Waals surface area contributed by atoms with Gasteiger partial charge in [-0.25, -0.2) is 4.79 Å². The van der Waals surface area contributed by atoms with E-state index in [1.807, 2.05) is 0 Å². The highest BCUT2D eigenvalue weighted by Crippen LogP contribution is 2.31. The Morgan fingerprint density at radius 2 is 1.88 bits per heavy atom. The molecule has 0 aliphatic carbocycles. The molecule has 1 aliphatic rings. The number of aryl methyl sites for hydroxylation is 1. The van der Waals surface area contributed by atoms with E-state index in [0.717, 1.165) is 24.8 Å². The van der Waals surface area contributed by atoms with Crippen molar-refractivity contribution in [2.24, 2.45) is 0 Å². The minimum absolute atomic E-state index is 0.261. The van der Waals surface area contributed by atoms with Gasteiger partial charge in [-0.3, -0.25) is 0 Å². The van der Waals surface area contributed by atoms with Crippen LogP contribution in [0.1, 0.15) is 43.2 Å². The summed E-state index contributed by atoms with van der Waals surface area (Å²) >= 11 is 0. The van der Waals surface area contributed by atoms with E-state index in [1.54, 1.807) is 25.1 Å². The molecule has 134 valence electrons. The predicted octanol–water partition coefficient (Wildman–Crippen LogP) is 3.68. The smallest absolute Gasteiger partial charge is 0.367 e. The first-order valence-corrected chi connectivity index (χ1v) is 8.13. The van der Waals surface area contributed by atoms with Crippen LogP contribution in [0.4, 0.5) is 18.0 Å². The highest BCUT2D eigenvalue weighted by molar-refractivity contribution is 5.75. The number of carbonyl (C=O) groups is 1. The molecule has 1 saturated heterocycles. The second-order valence-electron chi connectivity index (χ2n) is 6.32. The summed E-state index contributed by atoms with van der Waals surface area (Å²) in [4.78, 5) is 13.9. The molecule has 1 heterocycles. The molecule has 2 amide bonds. The van der Waals surface area contributed by atoms with Gasteiger partial charge in [-0.05, 0) is 26.2 Å². The van der Waals surface area contributed by atoms with Crippen molar-refractivity contribution in [2.45, 2.75) is 50.9 Å². The number of hydrogen-bond acceptors (Lipinski definition) is 2. The molecule has 1 fully saturated rings. The molecular weight excluding hydrogens is 321 g/mol. The van der Waals surface area contributed by atoms with Crippen LogP contribution in [-0.4, -0.2) is 35.3 Å². The Kier molecular flexibility index (Phi) is 5.74. The van der Waals surface area contributed by atoms with Crippen molar-refractivity contribution < 1.29 is 23.1 Å². The van der Waals surface area contributed by atoms with Gasteiger partial charge in [0.1, 0.15) is 0 Å². The first-order valence-electron chi connectivity index (χ1n) is 8.13. The summed E-state index contributed by atoms with van der Waals surface area (Å²) < 4.78 is 37.9. The maximum Gasteiger partial charge on any atom is 0.389 e. The van der Waals surface area contributed by atoms with Crippen LogP contribution in [0.25, 0.3) is 0 Å². The summed E-state index contributed by atoms with van der Waals surface area (Å²) in [6, 6.07) is 6.02. The molecular formula is C17H23F3N2O2. The Morgan fingerprint density at radius 1 is 1.21 bits per heavy atom. The van der Waals surface area contributed by atoms with Gasteiger partial charge < -0.3 is 15.3 Å². The number of carbonyl (C=O) groups excluding carboxylic acids is 1. The third kappa shape index (κ3) is 5.12. The summed E-state index contributed by atoms with van der Waals surface area (Å²) in [5.41, 5.74) is -0.988. The van der Waals surface area contributed by atoms with Crippen molar-refractivity contribution in [3.05, 3.63) is 35.4 Å². The molecule has 0 spiro atoms. The number of nitrogens with one attached hydrogen (secondary N) is 1. The van der Waals surface area contributed by atoms with E-state index in [0.29, 0.717) is 13.1 Å². The molecule has 0 unspecified atom stereocenters. The predicted molar refractivity (Wildman–Crippen MR) is 84.3 cm³/mol. The fourth-order valence-corrected chi connectivity index (χ4v) is 2.86. The van der Waals surface area contributed by atoms with Crippen molar-refractivity contribution in [3.63, 3.8) is 0 Å². The molecule has 1 aromatic rings. The number of likely N-dealkylation sites (tertiary alicyclic amines) is 1. The van der Waals surface area contributed by atoms with Crippen LogP contribution in [-0.2, 0) is 5.72 Å². The summed E-state index contributed by atoms with van der Waals surface area (Å²) in [7, 11) is 0. The third-order valence-electron chi connectivity index (χ3n) is 4.22. The van der Waals surface area contributed by atoms with Crippen LogP contribution in [0, 0.1) is 6.92 Å². The average molecular weight is 344 g/mol. The molecule has 1 atom stereocenters. The van der Waals surface area contributed by atoms with Gasteiger partial charge in [-0.2, -0.15) is 13.2 Å². The quantitative estimate of drug-likeness (QED) is 0.819. The monoisotopic (exact) mass is 344 g/mol. The largest absolute Gasteiger partial charge is 0.389 e. The average Bonchev–Trinajstić information content (AvgIpc) is 2.53. The Bertz CT molecular complexity index is 571. The maximum absolute atomic E-state index is 12.6. The van der Waals surface area contributed by atoms with Gasteiger partial charge in [0, 0.05) is 31.5 Å². The first kappa shape index (κ1) is 18.6. The fraction of sp³-hybridized carbons (Fsp3) is 0.588. The molecule has 7 heteroatoms. The SMILES string of the molecule is Cc1cccc([C@@](O)(CCC(F)(F)F)NC(=O)N2CCCCC2)c1. The highest BCUT2D eigenvalue weighted by Gasteiger charge is 2.38. The van der Waals surface area contributed by atoms with E-state index < -0.39 is 30.8 Å². The normalized spacial score (nSPS) is 18.1. The number of amides is 2. The number of rotatable bonds is 4. The zero-order chi connectivity index (χ0) is 17.8. The van der Waals surface area contributed by atoms with Crippen molar-refractivity contribution in [1.29, 1.82) is 0 Å². The van der Waals surface area contributed by atoms with Gasteiger partial charge in [0.05, 0.1) is 0 Å². The summed E-state index contributed by atoms with van der Waals surface area (Å²) in [5.74, 6) is 0. The van der Waals surface area contributed by atoms with Crippen LogP contribution < -0.4 is 5.32 Å². The number of benzene rings is 1. The second-order valence-corrected chi connectivity index (χ2v) is 6.32. The number of halogens is 3. The molecule has 0 saturated carbocycles. The molecule has 2 rings (SSSR count). The lowest BCUT2D eigenvalue weighted by Crippen LogP contribution is -2.52. The lowest BCUT2D eigenvalue weighted by Gasteiger charge is -2.34. The zero-order valence-electron chi connectivity index (χ0n) is 13.7. The minimum Gasteiger partial charge on any atom is -0.367 e. The van der Waals surface area contributed by atoms with Crippen LogP contribution in [0.3, 0.4) is 0 Å². The fourth-order valence-electron chi connectivity index (χ4n) is 2.86. The molecule has 4 nitrogen and oxygen atoms in total. The third-order valence-corrected chi connectivity index (χ3v) is 4.22. The van der Waals surface area contributed by atoms with E-state index in [-0.39, 0.29) is 5.56 Å². The van der Waals surface area contributed by atoms with Gasteiger partial charge in [0.15, 0.2) is 5.72 Å². The van der Waals surface area contributed by atoms with Gasteiger partial charge in [0.2, 0.25) is 0 Å². The number of alkyl halides is 3. The number of hydrogen-bond donors (Lipinski definition) is 2. The van der Waals surface area contributed by atoms with E-state index in [2.05, 4.69) is 5.32 Å². The van der Waals surface area contributed by atoms with Crippen molar-refractivity contribution >= 4 is 6.03 Å². The van der Waals surface area contributed by atoms with Gasteiger partial charge in [0.25, 0.3) is 0 Å². The topological polar surface area (TPSA) is 52.6 Å². The molecule has 0 radical (unpaired) electrons. The number of aliphatic hydroxyl groups is 1. The Balaban J connectivity index is 2.19. The maximum atomic E-state index is 12.6. The van der Waals surface area contributed by atoms with Gasteiger partial charge >= 0.3 is 12.2 Å². The summed E-state index contributed by atoms with van der Waals surface area (Å²) in [5, 5.41) is 13.2. The molecule has 24 heavy (non-hydrogen) atoms. The first-order chi connectivity index (χ1) is 11.2. The zero-order valence-corrected chi connectivity index (χ0v) is 13.7. The Morgan fingerprint density at radius 3 is 2.46 bits per heavy atom.